The minimum atomic E-state index is 0.963. The van der Waals surface area contributed by atoms with Crippen LogP contribution in [0.2, 0.25) is 0 Å². The van der Waals surface area contributed by atoms with Gasteiger partial charge in [-0.25, -0.2) is 0 Å². The van der Waals surface area contributed by atoms with E-state index in [9.17, 15) is 0 Å². The van der Waals surface area contributed by atoms with Crippen LogP contribution in [0.25, 0.3) is 10.2 Å². The van der Waals surface area contributed by atoms with E-state index in [0.717, 1.165) is 11.1 Å². The van der Waals surface area contributed by atoms with Gasteiger partial charge in [0.05, 0.1) is 15.8 Å². The maximum Gasteiger partial charge on any atom is 0.0676 e. The number of aromatic nitrogens is 1. The third kappa shape index (κ3) is 0.583. The zero-order valence-corrected chi connectivity index (χ0v) is 6.03. The fourth-order valence-corrected chi connectivity index (χ4v) is 1.79. The molecule has 0 aliphatic carbocycles. The second-order valence-corrected chi connectivity index (χ2v) is 2.93. The Labute approximate surface area is 62.7 Å². The molecule has 2 heterocycles. The fourth-order valence-electron chi connectivity index (χ4n) is 0.954. The Balaban J connectivity index is 2.92. The Morgan fingerprint density at radius 1 is 1.60 bits per heavy atom. The van der Waals surface area contributed by atoms with Crippen LogP contribution in [0.3, 0.4) is 0 Å². The SMILES string of the molecule is C#Cc1c[nH]c2ccsc12. The molecule has 2 aromatic heterocycles. The van der Waals surface area contributed by atoms with E-state index in [1.54, 1.807) is 11.3 Å². The smallest absolute Gasteiger partial charge is 0.0676 e. The molecule has 2 rings (SSSR count). The summed E-state index contributed by atoms with van der Waals surface area (Å²) in [5.41, 5.74) is 2.10. The number of rotatable bonds is 0. The lowest BCUT2D eigenvalue weighted by Crippen LogP contribution is -1.59. The van der Waals surface area contributed by atoms with Gasteiger partial charge in [0, 0.05) is 6.20 Å². The molecule has 1 N–H and O–H groups in total. The van der Waals surface area contributed by atoms with Gasteiger partial charge in [-0.05, 0) is 11.4 Å². The monoisotopic (exact) mass is 147 g/mol. The summed E-state index contributed by atoms with van der Waals surface area (Å²) in [4.78, 5) is 3.09. The number of aromatic amines is 1. The Kier molecular flexibility index (Phi) is 1.06. The Hall–Kier alpha value is -1.20. The summed E-state index contributed by atoms with van der Waals surface area (Å²) in [5.74, 6) is 2.62. The minimum Gasteiger partial charge on any atom is -0.359 e. The van der Waals surface area contributed by atoms with Crippen molar-refractivity contribution in [2.24, 2.45) is 0 Å². The molecular weight excluding hydrogens is 142 g/mol. The molecule has 48 valence electrons. The zero-order chi connectivity index (χ0) is 6.97. The van der Waals surface area contributed by atoms with Crippen molar-refractivity contribution in [3.63, 3.8) is 0 Å². The highest BCUT2D eigenvalue weighted by Crippen LogP contribution is 2.22. The third-order valence-electron chi connectivity index (χ3n) is 1.44. The molecule has 0 bridgehead atoms. The van der Waals surface area contributed by atoms with Crippen molar-refractivity contribution in [1.82, 2.24) is 4.98 Å². The van der Waals surface area contributed by atoms with Crippen molar-refractivity contribution >= 4 is 21.6 Å². The fraction of sp³-hybridized carbons (Fsp3) is 0. The van der Waals surface area contributed by atoms with Crippen molar-refractivity contribution in [1.29, 1.82) is 0 Å². The molecule has 0 fully saturated rings. The molecule has 1 nitrogen and oxygen atoms in total. The highest BCUT2D eigenvalue weighted by atomic mass is 32.1. The minimum absolute atomic E-state index is 0.963. The number of fused-ring (bicyclic) bond motifs is 1. The molecule has 0 saturated carbocycles. The van der Waals surface area contributed by atoms with Gasteiger partial charge in [-0.1, -0.05) is 5.92 Å². The van der Waals surface area contributed by atoms with E-state index in [2.05, 4.69) is 10.9 Å². The standard InChI is InChI=1S/C8H5NS/c1-2-6-5-9-7-3-4-10-8(6)7/h1,3-5,9H. The van der Waals surface area contributed by atoms with Crippen molar-refractivity contribution in [3.05, 3.63) is 23.2 Å². The maximum atomic E-state index is 5.26. The first kappa shape index (κ1) is 5.57. The summed E-state index contributed by atoms with van der Waals surface area (Å²) in [5, 5.41) is 2.03. The Bertz CT molecular complexity index is 388. The second kappa shape index (κ2) is 1.89. The van der Waals surface area contributed by atoms with Gasteiger partial charge >= 0.3 is 0 Å². The highest BCUT2D eigenvalue weighted by molar-refractivity contribution is 7.17. The average molecular weight is 147 g/mol. The first-order chi connectivity index (χ1) is 4.92. The van der Waals surface area contributed by atoms with Crippen LogP contribution in [0, 0.1) is 12.3 Å². The van der Waals surface area contributed by atoms with Crippen LogP contribution in [0.15, 0.2) is 17.6 Å². The molecule has 2 aromatic rings. The molecule has 0 amide bonds. The van der Waals surface area contributed by atoms with E-state index in [1.165, 1.54) is 4.70 Å². The first-order valence-electron chi connectivity index (χ1n) is 2.93. The van der Waals surface area contributed by atoms with Gasteiger partial charge in [-0.2, -0.15) is 0 Å². The molecule has 0 unspecified atom stereocenters. The second-order valence-electron chi connectivity index (χ2n) is 2.01. The third-order valence-corrected chi connectivity index (χ3v) is 2.39. The van der Waals surface area contributed by atoms with Crippen molar-refractivity contribution < 1.29 is 0 Å². The number of H-pyrrole nitrogens is 1. The molecule has 0 aliphatic heterocycles. The van der Waals surface area contributed by atoms with Crippen LogP contribution in [-0.4, -0.2) is 4.98 Å². The normalized spacial score (nSPS) is 9.90. The predicted octanol–water partition coefficient (Wildman–Crippen LogP) is 2.21. The van der Waals surface area contributed by atoms with Crippen LogP contribution in [0.4, 0.5) is 0 Å². The zero-order valence-electron chi connectivity index (χ0n) is 5.22. The van der Waals surface area contributed by atoms with E-state index >= 15 is 0 Å². The number of nitrogens with one attached hydrogen (secondary N) is 1. The lowest BCUT2D eigenvalue weighted by Gasteiger charge is -1.75. The molecule has 0 spiro atoms. The number of hydrogen-bond donors (Lipinski definition) is 1. The largest absolute Gasteiger partial charge is 0.359 e. The summed E-state index contributed by atoms with van der Waals surface area (Å²) in [6.45, 7) is 0. The van der Waals surface area contributed by atoms with E-state index < -0.39 is 0 Å². The molecule has 0 aromatic carbocycles. The maximum absolute atomic E-state index is 5.26. The van der Waals surface area contributed by atoms with E-state index in [-0.39, 0.29) is 0 Å². The summed E-state index contributed by atoms with van der Waals surface area (Å²) < 4.78 is 1.18. The van der Waals surface area contributed by atoms with Crippen LogP contribution in [0.1, 0.15) is 5.56 Å². The van der Waals surface area contributed by atoms with Crippen LogP contribution in [-0.2, 0) is 0 Å². The molecule has 0 atom stereocenters. The summed E-state index contributed by atoms with van der Waals surface area (Å²) >= 11 is 1.67. The summed E-state index contributed by atoms with van der Waals surface area (Å²) in [7, 11) is 0. The predicted molar refractivity (Wildman–Crippen MR) is 44.1 cm³/mol. The first-order valence-corrected chi connectivity index (χ1v) is 3.81. The quantitative estimate of drug-likeness (QED) is 0.550. The van der Waals surface area contributed by atoms with Gasteiger partial charge in [-0.3, -0.25) is 0 Å². The molecule has 2 heteroatoms. The molecule has 10 heavy (non-hydrogen) atoms. The number of thiophene rings is 1. The average Bonchev–Trinajstić information content (AvgIpc) is 2.44. The van der Waals surface area contributed by atoms with Gasteiger partial charge in [0.2, 0.25) is 0 Å². The molecule has 0 aliphatic rings. The van der Waals surface area contributed by atoms with E-state index in [1.807, 2.05) is 17.6 Å². The summed E-state index contributed by atoms with van der Waals surface area (Å²) in [6, 6.07) is 2.03. The highest BCUT2D eigenvalue weighted by Gasteiger charge is 1.99. The van der Waals surface area contributed by atoms with Gasteiger partial charge in [0.15, 0.2) is 0 Å². The van der Waals surface area contributed by atoms with Crippen molar-refractivity contribution in [2.75, 3.05) is 0 Å². The van der Waals surface area contributed by atoms with E-state index in [4.69, 9.17) is 6.42 Å². The van der Waals surface area contributed by atoms with Gasteiger partial charge < -0.3 is 4.98 Å². The Morgan fingerprint density at radius 2 is 2.50 bits per heavy atom. The lowest BCUT2D eigenvalue weighted by molar-refractivity contribution is 1.47. The molecular formula is C8H5NS. The summed E-state index contributed by atoms with van der Waals surface area (Å²) in [6.07, 6.45) is 7.12. The van der Waals surface area contributed by atoms with Gasteiger partial charge in [0.25, 0.3) is 0 Å². The molecule has 0 radical (unpaired) electrons. The Morgan fingerprint density at radius 3 is 3.30 bits per heavy atom. The van der Waals surface area contributed by atoms with Crippen molar-refractivity contribution in [2.45, 2.75) is 0 Å². The van der Waals surface area contributed by atoms with Gasteiger partial charge in [-0.15, -0.1) is 17.8 Å². The van der Waals surface area contributed by atoms with Crippen LogP contribution >= 0.6 is 11.3 Å². The number of terminal acetylenes is 1. The molecule has 0 saturated heterocycles. The lowest BCUT2D eigenvalue weighted by atomic mass is 10.3. The van der Waals surface area contributed by atoms with E-state index in [0.29, 0.717) is 0 Å². The topological polar surface area (TPSA) is 15.8 Å². The van der Waals surface area contributed by atoms with Crippen LogP contribution < -0.4 is 0 Å². The van der Waals surface area contributed by atoms with Crippen molar-refractivity contribution in [3.8, 4) is 12.3 Å². The van der Waals surface area contributed by atoms with Gasteiger partial charge in [0.1, 0.15) is 0 Å². The number of hydrogen-bond acceptors (Lipinski definition) is 1. The van der Waals surface area contributed by atoms with Crippen LogP contribution in [0.5, 0.6) is 0 Å².